The third-order valence-electron chi connectivity index (χ3n) is 3.61. The van der Waals surface area contributed by atoms with Crippen LogP contribution >= 0.6 is 0 Å². The number of Topliss-reactive ketones (excluding diaryl/α,β-unsaturated/α-hetero) is 1. The minimum Gasteiger partial charge on any atom is -0.445 e. The van der Waals surface area contributed by atoms with Gasteiger partial charge in [-0.25, -0.2) is 9.59 Å². The van der Waals surface area contributed by atoms with E-state index in [9.17, 15) is 14.4 Å². The largest absolute Gasteiger partial charge is 0.445 e. The Labute approximate surface area is 129 Å². The van der Waals surface area contributed by atoms with Gasteiger partial charge in [-0.05, 0) is 27.2 Å². The minimum absolute atomic E-state index is 0.0371. The fraction of sp³-hybridized carbons (Fsp3) is 0.667. The first-order chi connectivity index (χ1) is 10.2. The van der Waals surface area contributed by atoms with Crippen LogP contribution in [0.1, 0.15) is 27.2 Å². The Balaban J connectivity index is 2.07. The first-order valence-corrected chi connectivity index (χ1v) is 7.31. The molecule has 2 aliphatic rings. The molecule has 7 nitrogen and oxygen atoms in total. The topological polar surface area (TPSA) is 76.2 Å². The summed E-state index contributed by atoms with van der Waals surface area (Å²) in [4.78, 5) is 39.2. The van der Waals surface area contributed by atoms with Gasteiger partial charge in [0, 0.05) is 6.54 Å². The highest BCUT2D eigenvalue weighted by Crippen LogP contribution is 2.31. The van der Waals surface area contributed by atoms with E-state index in [1.54, 1.807) is 20.8 Å². The molecule has 0 aromatic heterocycles. The van der Waals surface area contributed by atoms with Gasteiger partial charge in [0.2, 0.25) is 0 Å². The number of likely N-dealkylation sites (tertiary alicyclic amines) is 2. The minimum atomic E-state index is -0.633. The Morgan fingerprint density at radius 1 is 1.32 bits per heavy atom. The number of ether oxygens (including phenoxy) is 2. The van der Waals surface area contributed by atoms with Gasteiger partial charge < -0.3 is 9.47 Å². The Morgan fingerprint density at radius 2 is 2.00 bits per heavy atom. The van der Waals surface area contributed by atoms with Crippen molar-refractivity contribution in [2.75, 3.05) is 19.7 Å². The van der Waals surface area contributed by atoms with Crippen LogP contribution < -0.4 is 0 Å². The van der Waals surface area contributed by atoms with Crippen LogP contribution in [0.5, 0.6) is 0 Å². The summed E-state index contributed by atoms with van der Waals surface area (Å²) in [5.74, 6) is -0.163. The van der Waals surface area contributed by atoms with Crippen molar-refractivity contribution in [3.05, 3.63) is 12.7 Å². The van der Waals surface area contributed by atoms with Crippen LogP contribution in [0.25, 0.3) is 0 Å². The summed E-state index contributed by atoms with van der Waals surface area (Å²) < 4.78 is 10.3. The maximum atomic E-state index is 12.2. The number of carbonyl (C=O) groups is 3. The molecule has 2 saturated heterocycles. The van der Waals surface area contributed by atoms with Gasteiger partial charge in [-0.1, -0.05) is 12.7 Å². The number of carbonyl (C=O) groups excluding carboxylic acids is 3. The van der Waals surface area contributed by atoms with E-state index in [2.05, 4.69) is 6.58 Å². The van der Waals surface area contributed by atoms with E-state index >= 15 is 0 Å². The molecular formula is C15H22N2O5. The molecule has 2 amide bonds. The molecule has 0 aromatic rings. The Bertz CT molecular complexity index is 497. The number of ketones is 1. The Kier molecular flexibility index (Phi) is 4.44. The van der Waals surface area contributed by atoms with Gasteiger partial charge in [0.05, 0.1) is 12.6 Å². The normalized spacial score (nSPS) is 24.2. The lowest BCUT2D eigenvalue weighted by molar-refractivity contribution is -0.120. The number of hydrogen-bond acceptors (Lipinski definition) is 5. The number of hydrogen-bond donors (Lipinski definition) is 0. The highest BCUT2D eigenvalue weighted by molar-refractivity contribution is 5.95. The molecule has 2 fully saturated rings. The van der Waals surface area contributed by atoms with E-state index in [0.717, 1.165) is 0 Å². The van der Waals surface area contributed by atoms with Gasteiger partial charge in [0.1, 0.15) is 18.2 Å². The summed E-state index contributed by atoms with van der Waals surface area (Å²) in [7, 11) is 0. The van der Waals surface area contributed by atoms with Crippen molar-refractivity contribution in [3.63, 3.8) is 0 Å². The van der Waals surface area contributed by atoms with E-state index in [4.69, 9.17) is 9.47 Å². The quantitative estimate of drug-likeness (QED) is 0.724. The highest BCUT2D eigenvalue weighted by Gasteiger charge is 2.52. The summed E-state index contributed by atoms with van der Waals surface area (Å²) in [6, 6.07) is -0.969. The molecule has 2 unspecified atom stereocenters. The van der Waals surface area contributed by atoms with Crippen LogP contribution in [-0.4, -0.2) is 65.2 Å². The van der Waals surface area contributed by atoms with Crippen molar-refractivity contribution in [2.45, 2.75) is 44.9 Å². The van der Waals surface area contributed by atoms with Crippen molar-refractivity contribution < 1.29 is 23.9 Å². The van der Waals surface area contributed by atoms with Gasteiger partial charge in [-0.3, -0.25) is 14.6 Å². The van der Waals surface area contributed by atoms with Crippen molar-refractivity contribution in [3.8, 4) is 0 Å². The van der Waals surface area contributed by atoms with E-state index in [1.807, 2.05) is 0 Å². The van der Waals surface area contributed by atoms with E-state index in [0.29, 0.717) is 13.0 Å². The first kappa shape index (κ1) is 16.3. The predicted molar refractivity (Wildman–Crippen MR) is 78.4 cm³/mol. The molecule has 0 saturated carbocycles. The van der Waals surface area contributed by atoms with Crippen molar-refractivity contribution in [1.29, 1.82) is 0 Å². The lowest BCUT2D eigenvalue weighted by atomic mass is 10.1. The van der Waals surface area contributed by atoms with Gasteiger partial charge in [0.25, 0.3) is 0 Å². The molecule has 0 aliphatic carbocycles. The summed E-state index contributed by atoms with van der Waals surface area (Å²) in [6.07, 6.45) is 0.940. The number of rotatable bonds is 2. The molecule has 122 valence electrons. The summed E-state index contributed by atoms with van der Waals surface area (Å²) in [5.41, 5.74) is -0.626. The highest BCUT2D eigenvalue weighted by atomic mass is 16.6. The average molecular weight is 310 g/mol. The van der Waals surface area contributed by atoms with Gasteiger partial charge in [0.15, 0.2) is 5.78 Å². The second-order valence-corrected chi connectivity index (χ2v) is 6.43. The smallest absolute Gasteiger partial charge is 0.410 e. The fourth-order valence-corrected chi connectivity index (χ4v) is 2.81. The molecule has 0 bridgehead atoms. The molecule has 0 aromatic carbocycles. The van der Waals surface area contributed by atoms with E-state index in [-0.39, 0.29) is 25.0 Å². The first-order valence-electron chi connectivity index (χ1n) is 7.31. The fourth-order valence-electron chi connectivity index (χ4n) is 2.81. The maximum Gasteiger partial charge on any atom is 0.410 e. The van der Waals surface area contributed by atoms with E-state index in [1.165, 1.54) is 15.9 Å². The summed E-state index contributed by atoms with van der Waals surface area (Å²) in [6.45, 7) is 9.24. The molecule has 0 spiro atoms. The zero-order chi connectivity index (χ0) is 16.5. The third kappa shape index (κ3) is 3.23. The molecule has 22 heavy (non-hydrogen) atoms. The van der Waals surface area contributed by atoms with Crippen molar-refractivity contribution >= 4 is 18.0 Å². The van der Waals surface area contributed by atoms with Gasteiger partial charge in [-0.2, -0.15) is 0 Å². The van der Waals surface area contributed by atoms with Crippen LogP contribution in [0, 0.1) is 0 Å². The van der Waals surface area contributed by atoms with Crippen LogP contribution in [0.4, 0.5) is 9.59 Å². The SMILES string of the molecule is C=CCOC(=O)N1CC(=O)C2C1CCN2C(=O)OC(C)(C)C. The van der Waals surface area contributed by atoms with E-state index < -0.39 is 23.8 Å². The lowest BCUT2D eigenvalue weighted by Crippen LogP contribution is -2.45. The second kappa shape index (κ2) is 5.98. The Hall–Kier alpha value is -2.05. The maximum absolute atomic E-state index is 12.2. The molecule has 0 N–H and O–H groups in total. The zero-order valence-corrected chi connectivity index (χ0v) is 13.2. The molecule has 2 heterocycles. The van der Waals surface area contributed by atoms with Crippen molar-refractivity contribution in [1.82, 2.24) is 9.80 Å². The summed E-state index contributed by atoms with van der Waals surface area (Å²) >= 11 is 0. The molecule has 7 heteroatoms. The van der Waals surface area contributed by atoms with Crippen LogP contribution in [-0.2, 0) is 14.3 Å². The lowest BCUT2D eigenvalue weighted by Gasteiger charge is -2.27. The average Bonchev–Trinajstić information content (AvgIpc) is 2.96. The number of fused-ring (bicyclic) bond motifs is 1. The molecule has 2 rings (SSSR count). The third-order valence-corrected chi connectivity index (χ3v) is 3.61. The molecule has 2 aliphatic heterocycles. The molecular weight excluding hydrogens is 288 g/mol. The number of amides is 2. The van der Waals surface area contributed by atoms with Crippen molar-refractivity contribution in [2.24, 2.45) is 0 Å². The van der Waals surface area contributed by atoms with Crippen LogP contribution in [0.15, 0.2) is 12.7 Å². The predicted octanol–water partition coefficient (Wildman–Crippen LogP) is 1.57. The standard InChI is InChI=1S/C15H22N2O5/c1-5-8-21-13(19)17-9-11(18)12-10(17)6-7-16(12)14(20)22-15(2,3)4/h5,10,12H,1,6-9H2,2-4H3. The number of nitrogens with zero attached hydrogens (tertiary/aromatic N) is 2. The Morgan fingerprint density at radius 3 is 2.59 bits per heavy atom. The monoisotopic (exact) mass is 310 g/mol. The van der Waals surface area contributed by atoms with Gasteiger partial charge in [-0.15, -0.1) is 0 Å². The summed E-state index contributed by atoms with van der Waals surface area (Å²) in [5, 5.41) is 0. The van der Waals surface area contributed by atoms with Crippen LogP contribution in [0.2, 0.25) is 0 Å². The molecule has 0 radical (unpaired) electrons. The zero-order valence-electron chi connectivity index (χ0n) is 13.2. The molecule has 2 atom stereocenters. The second-order valence-electron chi connectivity index (χ2n) is 6.43. The van der Waals surface area contributed by atoms with Gasteiger partial charge >= 0.3 is 12.2 Å². The van der Waals surface area contributed by atoms with Crippen LogP contribution in [0.3, 0.4) is 0 Å².